The summed E-state index contributed by atoms with van der Waals surface area (Å²) in [6.45, 7) is 3.45. The zero-order valence-corrected chi connectivity index (χ0v) is 25.8. The third-order valence-corrected chi connectivity index (χ3v) is 10.2. The van der Waals surface area contributed by atoms with Crippen LogP contribution in [-0.4, -0.2) is 54.3 Å². The highest BCUT2D eigenvalue weighted by atomic mass is 32.2. The van der Waals surface area contributed by atoms with Gasteiger partial charge in [-0.25, -0.2) is 22.6 Å². The van der Waals surface area contributed by atoms with E-state index in [0.29, 0.717) is 42.0 Å². The molecule has 0 spiro atoms. The maximum Gasteiger partial charge on any atom is 0.409 e. The van der Waals surface area contributed by atoms with Gasteiger partial charge in [-0.2, -0.15) is 0 Å². The van der Waals surface area contributed by atoms with Crippen LogP contribution >= 0.6 is 0 Å². The maximum atomic E-state index is 14.5. The molecule has 1 aromatic heterocycles. The number of carbonyl (C=O) groups excluding carboxylic acids is 1. The quantitative estimate of drug-likeness (QED) is 0.179. The summed E-state index contributed by atoms with van der Waals surface area (Å²) in [5, 5.41) is 15.7. The minimum atomic E-state index is -3.80. The molecular weight excluding hydrogens is 601 g/mol. The monoisotopic (exact) mass is 635 g/mol. The lowest BCUT2D eigenvalue weighted by Crippen LogP contribution is -2.38. The van der Waals surface area contributed by atoms with Crippen molar-refractivity contribution in [1.29, 1.82) is 0 Å². The van der Waals surface area contributed by atoms with Gasteiger partial charge >= 0.3 is 6.09 Å². The van der Waals surface area contributed by atoms with Gasteiger partial charge in [0.05, 0.1) is 23.3 Å². The fourth-order valence-electron chi connectivity index (χ4n) is 5.64. The second-order valence-electron chi connectivity index (χ2n) is 11.1. The highest BCUT2D eigenvalue weighted by Gasteiger charge is 2.38. The molecule has 0 bridgehead atoms. The van der Waals surface area contributed by atoms with Crippen LogP contribution in [0, 0.1) is 5.82 Å². The lowest BCUT2D eigenvalue weighted by atomic mass is 10.0. The van der Waals surface area contributed by atoms with E-state index in [-0.39, 0.29) is 22.2 Å². The summed E-state index contributed by atoms with van der Waals surface area (Å²) in [5.74, 6) is -0.654. The van der Waals surface area contributed by atoms with Crippen molar-refractivity contribution in [3.05, 3.63) is 83.8 Å². The zero-order valence-electron chi connectivity index (χ0n) is 25.0. The Bertz CT molecular complexity index is 1880. The van der Waals surface area contributed by atoms with Crippen LogP contribution in [0.2, 0.25) is 0 Å². The average molecular weight is 636 g/mol. The SMILES string of the molecule is COc1cc([C@H](Nc2ccc3c(N)nccc3c2)C(=O)N2CCC[C@@H]2c2cc(NC(=O)O)ccc2S(=O)(=O)C(C)C)ccc1F. The van der Waals surface area contributed by atoms with Crippen LogP contribution in [0.25, 0.3) is 10.8 Å². The Morgan fingerprint density at radius 1 is 1.09 bits per heavy atom. The van der Waals surface area contributed by atoms with Crippen LogP contribution in [0.3, 0.4) is 0 Å². The Labute approximate surface area is 260 Å². The first-order valence-corrected chi connectivity index (χ1v) is 15.9. The van der Waals surface area contributed by atoms with Crippen molar-refractivity contribution >= 4 is 49.8 Å². The van der Waals surface area contributed by atoms with Crippen molar-refractivity contribution in [3.8, 4) is 5.75 Å². The molecule has 1 aliphatic heterocycles. The summed E-state index contributed by atoms with van der Waals surface area (Å²) in [5.41, 5.74) is 7.54. The Morgan fingerprint density at radius 3 is 2.56 bits per heavy atom. The molecule has 2 atom stereocenters. The van der Waals surface area contributed by atoms with Crippen LogP contribution < -0.4 is 21.1 Å². The van der Waals surface area contributed by atoms with E-state index in [1.165, 1.54) is 43.5 Å². The largest absolute Gasteiger partial charge is 0.494 e. The van der Waals surface area contributed by atoms with Gasteiger partial charge < -0.3 is 25.8 Å². The van der Waals surface area contributed by atoms with E-state index in [1.54, 1.807) is 43.1 Å². The van der Waals surface area contributed by atoms with E-state index in [9.17, 15) is 27.5 Å². The molecule has 4 aromatic rings. The topological polar surface area (TPSA) is 164 Å². The number of nitrogens with one attached hydrogen (secondary N) is 2. The normalized spacial score (nSPS) is 15.7. The number of carbonyl (C=O) groups is 2. The van der Waals surface area contributed by atoms with Gasteiger partial charge in [0.25, 0.3) is 0 Å². The number of anilines is 3. The second kappa shape index (κ2) is 12.6. The summed E-state index contributed by atoms with van der Waals surface area (Å²) >= 11 is 0. The summed E-state index contributed by atoms with van der Waals surface area (Å²) in [7, 11) is -2.47. The number of fused-ring (bicyclic) bond motifs is 1. The number of rotatable bonds is 9. The van der Waals surface area contributed by atoms with Gasteiger partial charge in [0.2, 0.25) is 5.91 Å². The number of hydrogen-bond acceptors (Lipinski definition) is 8. The molecule has 0 radical (unpaired) electrons. The van der Waals surface area contributed by atoms with Gasteiger partial charge in [0.15, 0.2) is 21.4 Å². The highest BCUT2D eigenvalue weighted by Crippen LogP contribution is 2.40. The number of pyridine rings is 1. The number of nitrogen functional groups attached to an aromatic ring is 1. The lowest BCUT2D eigenvalue weighted by Gasteiger charge is -2.32. The number of halogens is 1. The van der Waals surface area contributed by atoms with E-state index in [0.717, 1.165) is 10.8 Å². The van der Waals surface area contributed by atoms with Crippen LogP contribution in [0.15, 0.2) is 71.8 Å². The number of nitrogens with two attached hydrogens (primary N) is 1. The van der Waals surface area contributed by atoms with Gasteiger partial charge in [-0.3, -0.25) is 10.1 Å². The molecule has 5 rings (SSSR count). The number of nitrogens with zero attached hydrogens (tertiary/aromatic N) is 2. The fraction of sp³-hybridized carbons (Fsp3) is 0.281. The molecule has 1 fully saturated rings. The molecule has 2 amide bonds. The number of methoxy groups -OCH3 is 1. The molecular formula is C32H34FN5O6S. The second-order valence-corrected chi connectivity index (χ2v) is 13.5. The minimum Gasteiger partial charge on any atom is -0.494 e. The Kier molecular flexibility index (Phi) is 8.82. The molecule has 0 unspecified atom stereocenters. The molecule has 1 aliphatic rings. The predicted molar refractivity (Wildman–Crippen MR) is 170 cm³/mol. The van der Waals surface area contributed by atoms with Crippen LogP contribution in [0.4, 0.5) is 26.4 Å². The van der Waals surface area contributed by atoms with Crippen molar-refractivity contribution in [1.82, 2.24) is 9.88 Å². The molecule has 0 aliphatic carbocycles. The van der Waals surface area contributed by atoms with Crippen molar-refractivity contribution in [3.63, 3.8) is 0 Å². The number of aromatic nitrogens is 1. The average Bonchev–Trinajstić information content (AvgIpc) is 3.49. The number of amides is 2. The molecule has 11 nitrogen and oxygen atoms in total. The number of hydrogen-bond donors (Lipinski definition) is 4. The Morgan fingerprint density at radius 2 is 1.84 bits per heavy atom. The first-order chi connectivity index (χ1) is 21.4. The summed E-state index contributed by atoms with van der Waals surface area (Å²) in [6.07, 6.45) is 1.31. The number of sulfone groups is 1. The minimum absolute atomic E-state index is 0.0341. The molecule has 13 heteroatoms. The summed E-state index contributed by atoms with van der Waals surface area (Å²) < 4.78 is 46.5. The van der Waals surface area contributed by atoms with E-state index in [4.69, 9.17) is 10.5 Å². The van der Waals surface area contributed by atoms with E-state index in [2.05, 4.69) is 15.6 Å². The molecule has 45 heavy (non-hydrogen) atoms. The lowest BCUT2D eigenvalue weighted by molar-refractivity contribution is -0.133. The van der Waals surface area contributed by atoms with Crippen LogP contribution in [-0.2, 0) is 14.6 Å². The van der Waals surface area contributed by atoms with Crippen molar-refractivity contribution in [2.24, 2.45) is 0 Å². The standard InChI is InChI=1S/C32H34FN5O6S/c1-18(2)45(42,43)28-11-8-22(37-32(40)41)17-24(28)26-5-4-14-38(26)31(39)29(20-6-10-25(33)27(16-20)44-3)36-21-7-9-23-19(15-21)12-13-35-30(23)34/h6-13,15-18,26,29,36-37H,4-5,14H2,1-3H3,(H2,34,35)(H,40,41)/t26-,29+/m1/s1. The number of likely N-dealkylation sites (tertiary alicyclic amines) is 1. The van der Waals surface area contributed by atoms with Crippen LogP contribution in [0.1, 0.15) is 49.9 Å². The van der Waals surface area contributed by atoms with Gasteiger partial charge in [-0.1, -0.05) is 6.07 Å². The molecule has 2 heterocycles. The Balaban J connectivity index is 1.59. The van der Waals surface area contributed by atoms with Crippen molar-refractivity contribution < 1.29 is 32.2 Å². The number of carboxylic acid groups (broad SMARTS) is 1. The maximum absolute atomic E-state index is 14.5. The van der Waals surface area contributed by atoms with E-state index < -0.39 is 39.1 Å². The van der Waals surface area contributed by atoms with E-state index in [1.807, 2.05) is 6.07 Å². The number of ether oxygens (including phenoxy) is 1. The third-order valence-electron chi connectivity index (χ3n) is 7.94. The number of benzene rings is 3. The summed E-state index contributed by atoms with van der Waals surface area (Å²) in [4.78, 5) is 31.7. The molecule has 3 aromatic carbocycles. The van der Waals surface area contributed by atoms with Crippen molar-refractivity contribution in [2.75, 3.05) is 30.0 Å². The summed E-state index contributed by atoms with van der Waals surface area (Å²) in [6, 6.07) is 13.9. The smallest absolute Gasteiger partial charge is 0.409 e. The first kappa shape index (κ1) is 31.5. The highest BCUT2D eigenvalue weighted by molar-refractivity contribution is 7.92. The molecule has 0 saturated carbocycles. The molecule has 236 valence electrons. The Hall–Kier alpha value is -4.91. The fourth-order valence-corrected chi connectivity index (χ4v) is 6.93. The van der Waals surface area contributed by atoms with Crippen LogP contribution in [0.5, 0.6) is 5.75 Å². The third kappa shape index (κ3) is 6.34. The first-order valence-electron chi connectivity index (χ1n) is 14.3. The zero-order chi connectivity index (χ0) is 32.5. The van der Waals surface area contributed by atoms with Crippen molar-refractivity contribution in [2.45, 2.75) is 48.9 Å². The predicted octanol–water partition coefficient (Wildman–Crippen LogP) is 5.75. The van der Waals surface area contributed by atoms with Gasteiger partial charge in [-0.05, 0) is 97.8 Å². The van der Waals surface area contributed by atoms with E-state index >= 15 is 0 Å². The molecule has 1 saturated heterocycles. The van der Waals surface area contributed by atoms with Gasteiger partial charge in [0, 0.05) is 29.5 Å². The van der Waals surface area contributed by atoms with Gasteiger partial charge in [-0.15, -0.1) is 0 Å². The molecule has 5 N–H and O–H groups in total. The van der Waals surface area contributed by atoms with Gasteiger partial charge in [0.1, 0.15) is 11.9 Å².